The minimum Gasteiger partial charge on any atom is -0.493 e. The van der Waals surface area contributed by atoms with Crippen molar-refractivity contribution in [3.8, 4) is 11.5 Å². The van der Waals surface area contributed by atoms with Crippen LogP contribution in [-0.4, -0.2) is 14.2 Å². The topological polar surface area (TPSA) is 18.5 Å². The standard InChI is InChI=1S/C21H18ClF2O2S/c1-25-20-9-6-13(10-21(20)26-2)15-8-7-14(11-19(15)24)27-12-16-17(22)4-3-5-18(16)23/h3-7,9-11H,8,12H2,1-2H3. The van der Waals surface area contributed by atoms with Crippen LogP contribution in [-0.2, 0) is 5.75 Å². The molecule has 0 saturated heterocycles. The molecular formula is C21H18ClF2O2S. The molecule has 0 saturated carbocycles. The molecule has 0 unspecified atom stereocenters. The maximum absolute atomic E-state index is 14.7. The molecule has 2 aromatic carbocycles. The van der Waals surface area contributed by atoms with Gasteiger partial charge in [0.2, 0.25) is 0 Å². The van der Waals surface area contributed by atoms with Crippen LogP contribution < -0.4 is 9.47 Å². The fraction of sp³-hybridized carbons (Fsp3) is 0.190. The quantitative estimate of drug-likeness (QED) is 0.537. The maximum atomic E-state index is 14.7. The molecule has 0 heterocycles. The molecule has 6 heteroatoms. The largest absolute Gasteiger partial charge is 0.493 e. The smallest absolute Gasteiger partial charge is 0.161 e. The highest BCUT2D eigenvalue weighted by Gasteiger charge is 2.18. The molecule has 2 nitrogen and oxygen atoms in total. The summed E-state index contributed by atoms with van der Waals surface area (Å²) < 4.78 is 39.1. The van der Waals surface area contributed by atoms with Crippen molar-refractivity contribution in [3.05, 3.63) is 81.6 Å². The van der Waals surface area contributed by atoms with E-state index in [-0.39, 0.29) is 11.6 Å². The van der Waals surface area contributed by atoms with Gasteiger partial charge in [0, 0.05) is 22.8 Å². The zero-order valence-electron chi connectivity index (χ0n) is 14.9. The van der Waals surface area contributed by atoms with Crippen molar-refractivity contribution in [2.75, 3.05) is 14.2 Å². The Morgan fingerprint density at radius 3 is 2.52 bits per heavy atom. The minimum absolute atomic E-state index is 0.313. The van der Waals surface area contributed by atoms with Gasteiger partial charge < -0.3 is 9.47 Å². The SMILES string of the molecule is COc1ccc(C2=C(F)C=C(SCc3c(F)cccc3Cl)[CH]C2)cc1OC. The Hall–Kier alpha value is -1.98. The summed E-state index contributed by atoms with van der Waals surface area (Å²) in [5.74, 6) is 0.817. The van der Waals surface area contributed by atoms with Crippen LogP contribution in [0.2, 0.25) is 5.02 Å². The molecule has 3 rings (SSSR count). The fourth-order valence-electron chi connectivity index (χ4n) is 2.78. The molecule has 0 amide bonds. The summed E-state index contributed by atoms with van der Waals surface area (Å²) in [6.07, 6.45) is 3.83. The second-order valence-corrected chi connectivity index (χ2v) is 7.30. The van der Waals surface area contributed by atoms with Gasteiger partial charge in [-0.1, -0.05) is 23.7 Å². The zero-order chi connectivity index (χ0) is 19.4. The highest BCUT2D eigenvalue weighted by molar-refractivity contribution is 8.02. The van der Waals surface area contributed by atoms with E-state index in [2.05, 4.69) is 0 Å². The molecular weight excluding hydrogens is 390 g/mol. The van der Waals surface area contributed by atoms with Crippen molar-refractivity contribution in [2.45, 2.75) is 12.2 Å². The number of thioether (sulfide) groups is 1. The van der Waals surface area contributed by atoms with Crippen LogP contribution in [0.25, 0.3) is 5.57 Å². The molecule has 2 aromatic rings. The molecule has 141 valence electrons. The third kappa shape index (κ3) is 4.47. The van der Waals surface area contributed by atoms with Crippen molar-refractivity contribution in [3.63, 3.8) is 0 Å². The van der Waals surface area contributed by atoms with Gasteiger partial charge in [-0.3, -0.25) is 0 Å². The molecule has 1 aliphatic rings. The van der Waals surface area contributed by atoms with E-state index in [4.69, 9.17) is 21.1 Å². The van der Waals surface area contributed by atoms with E-state index in [1.165, 1.54) is 23.9 Å². The number of methoxy groups -OCH3 is 2. The predicted molar refractivity (Wildman–Crippen MR) is 107 cm³/mol. The predicted octanol–water partition coefficient (Wildman–Crippen LogP) is 6.60. The van der Waals surface area contributed by atoms with Crippen LogP contribution in [0.5, 0.6) is 11.5 Å². The summed E-state index contributed by atoms with van der Waals surface area (Å²) in [6.45, 7) is 0. The summed E-state index contributed by atoms with van der Waals surface area (Å²) in [6, 6.07) is 9.89. The van der Waals surface area contributed by atoms with Crippen LogP contribution in [0, 0.1) is 12.2 Å². The van der Waals surface area contributed by atoms with Crippen LogP contribution in [0.4, 0.5) is 8.78 Å². The van der Waals surface area contributed by atoms with Gasteiger partial charge in [0.1, 0.15) is 11.6 Å². The average Bonchev–Trinajstić information content (AvgIpc) is 2.67. The van der Waals surface area contributed by atoms with Crippen molar-refractivity contribution in [1.82, 2.24) is 0 Å². The highest BCUT2D eigenvalue weighted by Crippen LogP contribution is 2.40. The minimum atomic E-state index is -0.353. The number of rotatable bonds is 6. The summed E-state index contributed by atoms with van der Waals surface area (Å²) in [7, 11) is 3.10. The van der Waals surface area contributed by atoms with E-state index in [0.29, 0.717) is 39.8 Å². The van der Waals surface area contributed by atoms with Gasteiger partial charge >= 0.3 is 0 Å². The van der Waals surface area contributed by atoms with E-state index >= 15 is 0 Å². The fourth-order valence-corrected chi connectivity index (χ4v) is 4.08. The monoisotopic (exact) mass is 407 g/mol. The third-order valence-corrected chi connectivity index (χ3v) is 5.65. The lowest BCUT2D eigenvalue weighted by Gasteiger charge is -2.17. The van der Waals surface area contributed by atoms with Gasteiger partial charge in [-0.05, 0) is 52.8 Å². The Kier molecular flexibility index (Phi) is 6.45. The maximum Gasteiger partial charge on any atom is 0.161 e. The van der Waals surface area contributed by atoms with Gasteiger partial charge in [-0.2, -0.15) is 0 Å². The molecule has 0 aliphatic heterocycles. The molecule has 0 N–H and O–H groups in total. The number of ether oxygens (including phenoxy) is 2. The third-order valence-electron chi connectivity index (χ3n) is 4.24. The lowest BCUT2D eigenvalue weighted by atomic mass is 9.96. The van der Waals surface area contributed by atoms with Gasteiger partial charge in [0.15, 0.2) is 11.5 Å². The number of halogens is 3. The van der Waals surface area contributed by atoms with Crippen molar-refractivity contribution in [2.24, 2.45) is 0 Å². The zero-order valence-corrected chi connectivity index (χ0v) is 16.5. The average molecular weight is 408 g/mol. The van der Waals surface area contributed by atoms with Gasteiger partial charge in [0.05, 0.1) is 14.2 Å². The lowest BCUT2D eigenvalue weighted by molar-refractivity contribution is 0.355. The Balaban J connectivity index is 1.78. The van der Waals surface area contributed by atoms with Crippen molar-refractivity contribution >= 4 is 28.9 Å². The normalized spacial score (nSPS) is 14.2. The van der Waals surface area contributed by atoms with E-state index < -0.39 is 0 Å². The van der Waals surface area contributed by atoms with Crippen LogP contribution in [0.15, 0.2) is 53.2 Å². The Morgan fingerprint density at radius 1 is 1.07 bits per heavy atom. The van der Waals surface area contributed by atoms with Crippen LogP contribution in [0.3, 0.4) is 0 Å². The molecule has 1 aliphatic carbocycles. The number of hydrogen-bond acceptors (Lipinski definition) is 3. The molecule has 0 spiro atoms. The first kappa shape index (κ1) is 19.8. The second-order valence-electron chi connectivity index (χ2n) is 5.84. The van der Waals surface area contributed by atoms with Crippen molar-refractivity contribution < 1.29 is 18.3 Å². The summed E-state index contributed by atoms with van der Waals surface area (Å²) in [5.41, 5.74) is 1.73. The molecule has 0 fully saturated rings. The Labute approximate surface area is 166 Å². The van der Waals surface area contributed by atoms with Crippen LogP contribution >= 0.6 is 23.4 Å². The van der Waals surface area contributed by atoms with Crippen molar-refractivity contribution in [1.29, 1.82) is 0 Å². The van der Waals surface area contributed by atoms with E-state index in [0.717, 1.165) is 10.5 Å². The van der Waals surface area contributed by atoms with Gasteiger partial charge in [-0.25, -0.2) is 8.78 Å². The molecule has 1 radical (unpaired) electrons. The Bertz CT molecular complexity index is 889. The van der Waals surface area contributed by atoms with E-state index in [1.54, 1.807) is 44.6 Å². The Morgan fingerprint density at radius 2 is 1.85 bits per heavy atom. The summed E-state index contributed by atoms with van der Waals surface area (Å²) in [5, 5.41) is 0.376. The van der Waals surface area contributed by atoms with E-state index in [1.807, 2.05) is 6.42 Å². The van der Waals surface area contributed by atoms with Gasteiger partial charge in [0.25, 0.3) is 0 Å². The van der Waals surface area contributed by atoms with E-state index in [9.17, 15) is 8.78 Å². The summed E-state index contributed by atoms with van der Waals surface area (Å²) >= 11 is 7.40. The number of hydrogen-bond donors (Lipinski definition) is 0. The first-order valence-electron chi connectivity index (χ1n) is 8.25. The number of benzene rings is 2. The molecule has 0 aromatic heterocycles. The van der Waals surface area contributed by atoms with Crippen LogP contribution in [0.1, 0.15) is 17.5 Å². The second kappa shape index (κ2) is 8.81. The molecule has 0 atom stereocenters. The molecule has 0 bridgehead atoms. The lowest BCUT2D eigenvalue weighted by Crippen LogP contribution is -1.98. The molecule has 27 heavy (non-hydrogen) atoms. The highest BCUT2D eigenvalue weighted by atomic mass is 35.5. The number of allylic oxidation sites excluding steroid dienone is 4. The summed E-state index contributed by atoms with van der Waals surface area (Å²) in [4.78, 5) is 0.746. The first-order valence-corrected chi connectivity index (χ1v) is 9.61. The first-order chi connectivity index (χ1) is 13.0. The van der Waals surface area contributed by atoms with Gasteiger partial charge in [-0.15, -0.1) is 11.8 Å².